The van der Waals surface area contributed by atoms with Gasteiger partial charge in [-0.25, -0.2) is 0 Å². The molecule has 2 aromatic rings. The number of rotatable bonds is 6. The van der Waals surface area contributed by atoms with Crippen LogP contribution in [0.5, 0.6) is 0 Å². The van der Waals surface area contributed by atoms with Crippen molar-refractivity contribution in [3.63, 3.8) is 0 Å². The van der Waals surface area contributed by atoms with Gasteiger partial charge >= 0.3 is 5.97 Å². The Labute approximate surface area is 139 Å². The van der Waals surface area contributed by atoms with Crippen molar-refractivity contribution in [1.82, 2.24) is 20.2 Å². The van der Waals surface area contributed by atoms with Crippen LogP contribution < -0.4 is 5.32 Å². The van der Waals surface area contributed by atoms with Crippen molar-refractivity contribution in [3.8, 4) is 0 Å². The van der Waals surface area contributed by atoms with E-state index in [2.05, 4.69) is 15.3 Å². The van der Waals surface area contributed by atoms with E-state index in [4.69, 9.17) is 5.11 Å². The minimum absolute atomic E-state index is 0.0468. The Morgan fingerprint density at radius 2 is 1.96 bits per heavy atom. The van der Waals surface area contributed by atoms with E-state index in [1.807, 2.05) is 11.8 Å². The number of aromatic nitrogens is 2. The highest BCUT2D eigenvalue weighted by molar-refractivity contribution is 5.97. The number of likely N-dealkylation sites (N-methyl/N-ethyl adjacent to an activating group) is 1. The molecule has 0 spiro atoms. The molecule has 0 radical (unpaired) electrons. The topological polar surface area (TPSA) is 95.4 Å². The number of hydrogen-bond donors (Lipinski definition) is 2. The molecule has 0 saturated heterocycles. The molecule has 7 heteroatoms. The van der Waals surface area contributed by atoms with Crippen molar-refractivity contribution in [2.24, 2.45) is 0 Å². The fourth-order valence-electron chi connectivity index (χ4n) is 3.05. The summed E-state index contributed by atoms with van der Waals surface area (Å²) < 4.78 is 0. The molecule has 1 aromatic heterocycles. The molecule has 0 bridgehead atoms. The standard InChI is InChI=1S/C17H20N4O3/c1-2-21(10-16(22)23)13-8-12(9-13)20-17(24)11-3-4-14-15(7-11)19-6-5-18-14/h3-7,12-13H,2,8-10H2,1H3,(H,20,24)(H,22,23). The Morgan fingerprint density at radius 3 is 2.62 bits per heavy atom. The molecule has 1 aromatic carbocycles. The lowest BCUT2D eigenvalue weighted by Crippen LogP contribution is -2.54. The summed E-state index contributed by atoms with van der Waals surface area (Å²) in [6.07, 6.45) is 4.77. The van der Waals surface area contributed by atoms with E-state index in [0.717, 1.165) is 18.4 Å². The molecule has 0 unspecified atom stereocenters. The van der Waals surface area contributed by atoms with Gasteiger partial charge < -0.3 is 10.4 Å². The summed E-state index contributed by atoms with van der Waals surface area (Å²) in [6.45, 7) is 2.69. The van der Waals surface area contributed by atoms with Crippen molar-refractivity contribution < 1.29 is 14.7 Å². The van der Waals surface area contributed by atoms with Gasteiger partial charge in [-0.1, -0.05) is 6.92 Å². The summed E-state index contributed by atoms with van der Waals surface area (Å²) in [7, 11) is 0. The largest absolute Gasteiger partial charge is 0.480 e. The third-order valence-corrected chi connectivity index (χ3v) is 4.44. The maximum atomic E-state index is 12.3. The number of carboxylic acid groups (broad SMARTS) is 1. The molecule has 2 N–H and O–H groups in total. The SMILES string of the molecule is CCN(CC(=O)O)C1CC(NC(=O)c2ccc3nccnc3c2)C1. The molecule has 0 atom stereocenters. The highest BCUT2D eigenvalue weighted by atomic mass is 16.4. The van der Waals surface area contributed by atoms with Crippen molar-refractivity contribution in [2.45, 2.75) is 31.8 Å². The van der Waals surface area contributed by atoms with E-state index in [1.165, 1.54) is 0 Å². The number of nitrogens with one attached hydrogen (secondary N) is 1. The number of aliphatic carboxylic acids is 1. The third-order valence-electron chi connectivity index (χ3n) is 4.44. The zero-order chi connectivity index (χ0) is 17.1. The molecule has 1 fully saturated rings. The van der Waals surface area contributed by atoms with Crippen molar-refractivity contribution >= 4 is 22.9 Å². The normalized spacial score (nSPS) is 19.9. The van der Waals surface area contributed by atoms with Gasteiger partial charge in [0.15, 0.2) is 0 Å². The molecular formula is C17H20N4O3. The van der Waals surface area contributed by atoms with Crippen molar-refractivity contribution in [2.75, 3.05) is 13.1 Å². The number of amides is 1. The highest BCUT2D eigenvalue weighted by Gasteiger charge is 2.34. The number of benzene rings is 1. The van der Waals surface area contributed by atoms with Gasteiger partial charge in [0.2, 0.25) is 0 Å². The Kier molecular flexibility index (Phi) is 4.71. The quantitative estimate of drug-likeness (QED) is 0.830. The van der Waals surface area contributed by atoms with Gasteiger partial charge in [-0.3, -0.25) is 24.5 Å². The summed E-state index contributed by atoms with van der Waals surface area (Å²) in [4.78, 5) is 33.5. The van der Waals surface area contributed by atoms with E-state index in [9.17, 15) is 9.59 Å². The van der Waals surface area contributed by atoms with Gasteiger partial charge in [0.1, 0.15) is 0 Å². The number of carbonyl (C=O) groups excluding carboxylic acids is 1. The molecule has 7 nitrogen and oxygen atoms in total. The molecule has 24 heavy (non-hydrogen) atoms. The maximum Gasteiger partial charge on any atom is 0.317 e. The first kappa shape index (κ1) is 16.3. The molecule has 0 aliphatic heterocycles. The molecule has 1 amide bonds. The fraction of sp³-hybridized carbons (Fsp3) is 0.412. The van der Waals surface area contributed by atoms with E-state index in [-0.39, 0.29) is 24.5 Å². The molecular weight excluding hydrogens is 308 g/mol. The van der Waals surface area contributed by atoms with E-state index < -0.39 is 5.97 Å². The first-order valence-electron chi connectivity index (χ1n) is 8.04. The number of carbonyl (C=O) groups is 2. The van der Waals surface area contributed by atoms with Crippen LogP contribution in [0.1, 0.15) is 30.1 Å². The number of fused-ring (bicyclic) bond motifs is 1. The Hall–Kier alpha value is -2.54. The Morgan fingerprint density at radius 1 is 1.25 bits per heavy atom. The van der Waals surface area contributed by atoms with Crippen LogP contribution in [0, 0.1) is 0 Å². The summed E-state index contributed by atoms with van der Waals surface area (Å²) in [5.74, 6) is -0.950. The average molecular weight is 328 g/mol. The summed E-state index contributed by atoms with van der Waals surface area (Å²) in [5.41, 5.74) is 2.00. The lowest BCUT2D eigenvalue weighted by atomic mass is 9.85. The number of carboxylic acids is 1. The van der Waals surface area contributed by atoms with E-state index in [1.54, 1.807) is 30.6 Å². The second kappa shape index (κ2) is 6.92. The summed E-state index contributed by atoms with van der Waals surface area (Å²) in [6, 6.07) is 5.57. The lowest BCUT2D eigenvalue weighted by Gasteiger charge is -2.42. The smallest absolute Gasteiger partial charge is 0.317 e. The van der Waals surface area contributed by atoms with Crippen LogP contribution in [0.4, 0.5) is 0 Å². The number of nitrogens with zero attached hydrogens (tertiary/aromatic N) is 3. The molecule has 1 saturated carbocycles. The second-order valence-corrected chi connectivity index (χ2v) is 6.01. The zero-order valence-corrected chi connectivity index (χ0v) is 13.5. The minimum Gasteiger partial charge on any atom is -0.480 e. The van der Waals surface area contributed by atoms with E-state index in [0.29, 0.717) is 17.6 Å². The predicted molar refractivity (Wildman–Crippen MR) is 88.7 cm³/mol. The molecule has 3 rings (SSSR count). The first-order valence-corrected chi connectivity index (χ1v) is 8.04. The van der Waals surface area contributed by atoms with Gasteiger partial charge in [-0.05, 0) is 37.6 Å². The molecule has 1 aliphatic rings. The van der Waals surface area contributed by atoms with Gasteiger partial charge in [0, 0.05) is 30.0 Å². The monoisotopic (exact) mass is 328 g/mol. The lowest BCUT2D eigenvalue weighted by molar-refractivity contribution is -0.139. The molecule has 126 valence electrons. The van der Waals surface area contributed by atoms with Crippen LogP contribution in [-0.4, -0.2) is 57.0 Å². The fourth-order valence-corrected chi connectivity index (χ4v) is 3.05. The van der Waals surface area contributed by atoms with Gasteiger partial charge in [-0.2, -0.15) is 0 Å². The van der Waals surface area contributed by atoms with Crippen LogP contribution in [0.2, 0.25) is 0 Å². The highest BCUT2D eigenvalue weighted by Crippen LogP contribution is 2.26. The molecule has 1 heterocycles. The van der Waals surface area contributed by atoms with Crippen LogP contribution in [0.25, 0.3) is 11.0 Å². The summed E-state index contributed by atoms with van der Waals surface area (Å²) >= 11 is 0. The van der Waals surface area contributed by atoms with Crippen LogP contribution in [0.3, 0.4) is 0 Å². The van der Waals surface area contributed by atoms with Crippen molar-refractivity contribution in [1.29, 1.82) is 0 Å². The van der Waals surface area contributed by atoms with Crippen LogP contribution in [-0.2, 0) is 4.79 Å². The third kappa shape index (κ3) is 3.51. The molecule has 1 aliphatic carbocycles. The minimum atomic E-state index is -0.818. The maximum absolute atomic E-state index is 12.3. The van der Waals surface area contributed by atoms with E-state index >= 15 is 0 Å². The summed E-state index contributed by atoms with van der Waals surface area (Å²) in [5, 5.41) is 11.9. The average Bonchev–Trinajstić information content (AvgIpc) is 2.55. The number of hydrogen-bond acceptors (Lipinski definition) is 5. The Bertz CT molecular complexity index is 758. The predicted octanol–water partition coefficient (Wildman–Crippen LogP) is 1.30. The Balaban J connectivity index is 1.57. The van der Waals surface area contributed by atoms with Crippen molar-refractivity contribution in [3.05, 3.63) is 36.2 Å². The van der Waals surface area contributed by atoms with Gasteiger partial charge in [-0.15, -0.1) is 0 Å². The van der Waals surface area contributed by atoms with Crippen LogP contribution >= 0.6 is 0 Å². The van der Waals surface area contributed by atoms with Crippen LogP contribution in [0.15, 0.2) is 30.6 Å². The van der Waals surface area contributed by atoms with Gasteiger partial charge in [0.25, 0.3) is 5.91 Å². The first-order chi connectivity index (χ1) is 11.6. The second-order valence-electron chi connectivity index (χ2n) is 6.01. The zero-order valence-electron chi connectivity index (χ0n) is 13.5. The van der Waals surface area contributed by atoms with Gasteiger partial charge in [0.05, 0.1) is 17.6 Å².